The molecule has 6 nitrogen and oxygen atoms in total. The minimum absolute atomic E-state index is 0.0836. The van der Waals surface area contributed by atoms with Crippen LogP contribution in [0.25, 0.3) is 0 Å². The number of hydrazine groups is 1. The number of rotatable bonds is 4. The van der Waals surface area contributed by atoms with Crippen molar-refractivity contribution in [3.8, 4) is 11.5 Å². The van der Waals surface area contributed by atoms with Gasteiger partial charge in [-0.2, -0.15) is 5.01 Å². The summed E-state index contributed by atoms with van der Waals surface area (Å²) >= 11 is 0. The lowest BCUT2D eigenvalue weighted by atomic mass is 9.70. The largest absolute Gasteiger partial charge is 0.456 e. The summed E-state index contributed by atoms with van der Waals surface area (Å²) in [6.07, 6.45) is 0.940. The maximum Gasteiger partial charge on any atom is 0.268 e. The van der Waals surface area contributed by atoms with Gasteiger partial charge in [-0.15, -0.1) is 0 Å². The highest BCUT2D eigenvalue weighted by molar-refractivity contribution is 5.98. The number of nitrogens with zero attached hydrogens (tertiary/aromatic N) is 2. The smallest absolute Gasteiger partial charge is 0.268 e. The molecule has 3 aromatic rings. The number of carbonyl (C=O) groups is 1. The molecule has 6 rings (SSSR count). The molecule has 180 valence electrons. The van der Waals surface area contributed by atoms with Crippen LogP contribution in [0, 0.1) is 13.8 Å². The van der Waals surface area contributed by atoms with Crippen molar-refractivity contribution in [2.45, 2.75) is 39.7 Å². The lowest BCUT2D eigenvalue weighted by Crippen LogP contribution is -2.60. The molecule has 35 heavy (non-hydrogen) atoms. The molecule has 0 atom stereocenters. The number of amides is 1. The summed E-state index contributed by atoms with van der Waals surface area (Å²) in [5.41, 5.74) is 7.81. The number of carbonyl (C=O) groups excluding carboxylic acids is 1. The van der Waals surface area contributed by atoms with E-state index < -0.39 is 5.54 Å². The molecule has 0 saturated carbocycles. The predicted octanol–water partition coefficient (Wildman–Crippen LogP) is 5.64. The van der Waals surface area contributed by atoms with Crippen molar-refractivity contribution in [3.63, 3.8) is 0 Å². The van der Waals surface area contributed by atoms with E-state index in [2.05, 4.69) is 73.7 Å². The molecule has 1 amide bonds. The van der Waals surface area contributed by atoms with Gasteiger partial charge in [0, 0.05) is 66.4 Å². The highest BCUT2D eigenvalue weighted by atomic mass is 16.5. The Morgan fingerprint density at radius 2 is 1.46 bits per heavy atom. The third-order valence-corrected chi connectivity index (χ3v) is 7.59. The number of aryl methyl sites for hydroxylation is 2. The second kappa shape index (κ2) is 8.02. The van der Waals surface area contributed by atoms with E-state index >= 15 is 0 Å². The monoisotopic (exact) mass is 468 g/mol. The zero-order chi connectivity index (χ0) is 24.3. The average Bonchev–Trinajstić information content (AvgIpc) is 3.35. The van der Waals surface area contributed by atoms with Crippen molar-refractivity contribution in [1.82, 2.24) is 10.0 Å². The summed E-state index contributed by atoms with van der Waals surface area (Å²) in [6, 6.07) is 16.9. The Balaban J connectivity index is 1.73. The van der Waals surface area contributed by atoms with Crippen molar-refractivity contribution in [3.05, 3.63) is 81.9 Å². The van der Waals surface area contributed by atoms with Crippen LogP contribution in [0.2, 0.25) is 0 Å². The predicted molar refractivity (Wildman–Crippen MR) is 139 cm³/mol. The molecular formula is C29H32N4O2. The van der Waals surface area contributed by atoms with Crippen molar-refractivity contribution in [2.75, 3.05) is 36.8 Å². The molecule has 3 aromatic carbocycles. The van der Waals surface area contributed by atoms with E-state index in [1.165, 1.54) is 0 Å². The van der Waals surface area contributed by atoms with E-state index in [-0.39, 0.29) is 5.91 Å². The van der Waals surface area contributed by atoms with E-state index in [4.69, 9.17) is 4.74 Å². The zero-order valence-electron chi connectivity index (χ0n) is 20.9. The molecule has 3 heterocycles. The van der Waals surface area contributed by atoms with E-state index in [0.29, 0.717) is 0 Å². The van der Waals surface area contributed by atoms with Crippen LogP contribution in [-0.4, -0.2) is 42.1 Å². The van der Waals surface area contributed by atoms with Crippen molar-refractivity contribution in [2.24, 2.45) is 0 Å². The first-order valence-electron chi connectivity index (χ1n) is 12.7. The molecule has 1 fully saturated rings. The summed E-state index contributed by atoms with van der Waals surface area (Å²) in [6.45, 7) is 11.7. The van der Waals surface area contributed by atoms with Crippen molar-refractivity contribution < 1.29 is 9.53 Å². The second-order valence-electron chi connectivity index (χ2n) is 9.65. The van der Waals surface area contributed by atoms with Crippen LogP contribution in [0.3, 0.4) is 0 Å². The molecule has 0 aliphatic carbocycles. The van der Waals surface area contributed by atoms with Gasteiger partial charge in [-0.1, -0.05) is 18.2 Å². The van der Waals surface area contributed by atoms with E-state index in [0.717, 1.165) is 88.9 Å². The van der Waals surface area contributed by atoms with Crippen LogP contribution in [-0.2, 0) is 5.54 Å². The Bertz CT molecular complexity index is 1290. The minimum Gasteiger partial charge on any atom is -0.456 e. The fourth-order valence-corrected chi connectivity index (χ4v) is 6.14. The maximum absolute atomic E-state index is 13.6. The molecule has 1 spiro atoms. The van der Waals surface area contributed by atoms with Crippen molar-refractivity contribution in [1.29, 1.82) is 0 Å². The fourth-order valence-electron chi connectivity index (χ4n) is 6.14. The topological polar surface area (TPSA) is 56.8 Å². The molecule has 3 aliphatic rings. The molecule has 0 aromatic heterocycles. The van der Waals surface area contributed by atoms with Gasteiger partial charge in [-0.25, -0.2) is 0 Å². The maximum atomic E-state index is 13.6. The molecule has 6 heteroatoms. The summed E-state index contributed by atoms with van der Waals surface area (Å²) in [5.74, 6) is 1.75. The molecule has 1 saturated heterocycles. The standard InChI is InChI=1S/C29H32N4O2/c1-5-30-24-16-26-22(14-18(24)3)29(23-15-19(4)25(31-6-2)17-27(23)35-26)21-11-8-7-10-20(21)28(34)32-12-9-13-33(29)32/h7-8,10-11,14-17,30-31H,5-6,9,12-13H2,1-4H3. The molecule has 0 unspecified atom stereocenters. The number of hydrogen-bond donors (Lipinski definition) is 2. The first-order valence-corrected chi connectivity index (χ1v) is 12.7. The molecule has 0 radical (unpaired) electrons. The van der Waals surface area contributed by atoms with Crippen LogP contribution >= 0.6 is 0 Å². The van der Waals surface area contributed by atoms with Crippen LogP contribution < -0.4 is 15.4 Å². The third-order valence-electron chi connectivity index (χ3n) is 7.59. The van der Waals surface area contributed by atoms with Gasteiger partial charge in [0.05, 0.1) is 0 Å². The highest BCUT2D eigenvalue weighted by Gasteiger charge is 2.57. The van der Waals surface area contributed by atoms with Crippen LogP contribution in [0.15, 0.2) is 48.5 Å². The van der Waals surface area contributed by atoms with Crippen LogP contribution in [0.4, 0.5) is 11.4 Å². The zero-order valence-corrected chi connectivity index (χ0v) is 20.9. The summed E-state index contributed by atoms with van der Waals surface area (Å²) in [4.78, 5) is 13.6. The van der Waals surface area contributed by atoms with Gasteiger partial charge in [0.1, 0.15) is 17.0 Å². The molecule has 3 aliphatic heterocycles. The van der Waals surface area contributed by atoms with E-state index in [1.54, 1.807) is 0 Å². The first-order chi connectivity index (χ1) is 17.0. The Labute approximate surface area is 206 Å². The van der Waals surface area contributed by atoms with E-state index in [1.807, 2.05) is 23.2 Å². The van der Waals surface area contributed by atoms with Crippen molar-refractivity contribution >= 4 is 17.3 Å². The number of nitrogens with one attached hydrogen (secondary N) is 2. The van der Waals surface area contributed by atoms with Gasteiger partial charge >= 0.3 is 0 Å². The Kier molecular flexibility index (Phi) is 5.04. The van der Waals surface area contributed by atoms with Gasteiger partial charge in [0.25, 0.3) is 5.91 Å². The van der Waals surface area contributed by atoms with Gasteiger partial charge < -0.3 is 15.4 Å². The summed E-state index contributed by atoms with van der Waals surface area (Å²) in [7, 11) is 0. The highest BCUT2D eigenvalue weighted by Crippen LogP contribution is 2.58. The van der Waals surface area contributed by atoms with Gasteiger partial charge in [0.15, 0.2) is 0 Å². The summed E-state index contributed by atoms with van der Waals surface area (Å²) in [5, 5.41) is 11.2. The number of anilines is 2. The Hall–Kier alpha value is -3.51. The lowest BCUT2D eigenvalue weighted by Gasteiger charge is -2.53. The van der Waals surface area contributed by atoms with Gasteiger partial charge in [0.2, 0.25) is 0 Å². The number of ether oxygens (including phenoxy) is 1. The van der Waals surface area contributed by atoms with E-state index in [9.17, 15) is 4.79 Å². The minimum atomic E-state index is -0.644. The SMILES string of the molecule is CCNc1cc2c(cc1C)C1(c3cc(C)c(NCC)cc3O2)c2ccccc2C(=O)N2CCCN21. The molecular weight excluding hydrogens is 436 g/mol. The molecule has 0 bridgehead atoms. The number of hydrogen-bond acceptors (Lipinski definition) is 5. The quantitative estimate of drug-likeness (QED) is 0.519. The normalized spacial score (nSPS) is 17.4. The van der Waals surface area contributed by atoms with Crippen LogP contribution in [0.5, 0.6) is 11.5 Å². The Morgan fingerprint density at radius 3 is 2.06 bits per heavy atom. The van der Waals surface area contributed by atoms with Crippen LogP contribution in [0.1, 0.15) is 58.4 Å². The average molecular weight is 469 g/mol. The Morgan fingerprint density at radius 1 is 0.857 bits per heavy atom. The number of fused-ring (bicyclic) bond motifs is 8. The lowest BCUT2D eigenvalue weighted by molar-refractivity contribution is -0.0336. The molecule has 2 N–H and O–H groups in total. The summed E-state index contributed by atoms with van der Waals surface area (Å²) < 4.78 is 6.67. The number of benzene rings is 3. The van der Waals surface area contributed by atoms with Gasteiger partial charge in [-0.3, -0.25) is 9.80 Å². The fraction of sp³-hybridized carbons (Fsp3) is 0.345. The third kappa shape index (κ3) is 2.96. The second-order valence-corrected chi connectivity index (χ2v) is 9.65. The van der Waals surface area contributed by atoms with Gasteiger partial charge in [-0.05, 0) is 69.0 Å². The first kappa shape index (κ1) is 22.0.